The lowest BCUT2D eigenvalue weighted by molar-refractivity contribution is -0.0539. The molecule has 4 aliphatic carbocycles. The molecule has 3 saturated carbocycles. The van der Waals surface area contributed by atoms with Gasteiger partial charge in [-0.25, -0.2) is 0 Å². The van der Waals surface area contributed by atoms with Crippen LogP contribution in [-0.4, -0.2) is 11.2 Å². The minimum atomic E-state index is -0.0774. The van der Waals surface area contributed by atoms with Crippen molar-refractivity contribution in [2.75, 3.05) is 0 Å². The molecule has 0 saturated heterocycles. The fourth-order valence-corrected chi connectivity index (χ4v) is 8.85. The fraction of sp³-hybridized carbons (Fsp3) is 0.862. The maximum absolute atomic E-state index is 10.5. The predicted octanol–water partition coefficient (Wildman–Crippen LogP) is 7.80. The maximum atomic E-state index is 10.5. The molecule has 0 amide bonds. The molecular formula is C29H48O. The molecule has 0 aromatic heterocycles. The molecule has 9 atom stereocenters. The van der Waals surface area contributed by atoms with E-state index in [0.29, 0.717) is 28.6 Å². The smallest absolute Gasteiger partial charge is 0.0569 e. The summed E-state index contributed by atoms with van der Waals surface area (Å²) in [5, 5.41) is 10.5. The number of rotatable bonds is 5. The first-order valence-corrected chi connectivity index (χ1v) is 13.2. The van der Waals surface area contributed by atoms with Gasteiger partial charge in [-0.05, 0) is 110 Å². The van der Waals surface area contributed by atoms with Gasteiger partial charge in [0, 0.05) is 0 Å². The summed E-state index contributed by atoms with van der Waals surface area (Å²) < 4.78 is 0. The van der Waals surface area contributed by atoms with Crippen LogP contribution in [0.4, 0.5) is 0 Å². The Labute approximate surface area is 186 Å². The Morgan fingerprint density at radius 2 is 1.80 bits per heavy atom. The lowest BCUT2D eigenvalue weighted by Crippen LogP contribution is -2.51. The summed E-state index contributed by atoms with van der Waals surface area (Å²) in [7, 11) is 0. The van der Waals surface area contributed by atoms with E-state index < -0.39 is 0 Å². The summed E-state index contributed by atoms with van der Waals surface area (Å²) in [6.45, 7) is 19.0. The summed E-state index contributed by atoms with van der Waals surface area (Å²) in [5.74, 6) is 5.15. The van der Waals surface area contributed by atoms with Gasteiger partial charge in [-0.3, -0.25) is 0 Å². The van der Waals surface area contributed by atoms with Crippen molar-refractivity contribution in [1.82, 2.24) is 0 Å². The van der Waals surface area contributed by atoms with Gasteiger partial charge >= 0.3 is 0 Å². The van der Waals surface area contributed by atoms with Crippen molar-refractivity contribution < 1.29 is 5.11 Å². The number of hydrogen-bond donors (Lipinski definition) is 1. The van der Waals surface area contributed by atoms with Crippen LogP contribution in [0, 0.1) is 52.3 Å². The highest BCUT2D eigenvalue weighted by atomic mass is 16.3. The molecule has 0 radical (unpaired) electrons. The van der Waals surface area contributed by atoms with Gasteiger partial charge in [-0.2, -0.15) is 0 Å². The first-order chi connectivity index (χ1) is 14.1. The molecule has 1 nitrogen and oxygen atoms in total. The van der Waals surface area contributed by atoms with Crippen molar-refractivity contribution in [1.29, 1.82) is 0 Å². The second-order valence-corrected chi connectivity index (χ2v) is 12.7. The molecule has 4 rings (SSSR count). The van der Waals surface area contributed by atoms with Gasteiger partial charge in [-0.15, -0.1) is 0 Å². The standard InChI is InChI=1S/C29H48O/c1-18(2)19(3)8-9-20(4)23-12-13-25-22-10-11-24-21(5)27(30)15-17-29(24,7)26(22)14-16-28(23,25)6/h14,18,20-25,27,30H,3,8-13,15-17H2,1-2,4-7H3/t20-,21+,22+,23-,24+,25+,27+,28-,29+/m1/s1. The summed E-state index contributed by atoms with van der Waals surface area (Å²) in [4.78, 5) is 0. The highest BCUT2D eigenvalue weighted by Gasteiger charge is 2.58. The van der Waals surface area contributed by atoms with Crippen molar-refractivity contribution in [2.45, 2.75) is 105 Å². The summed E-state index contributed by atoms with van der Waals surface area (Å²) in [6, 6.07) is 0. The Hall–Kier alpha value is -0.560. The van der Waals surface area contributed by atoms with E-state index >= 15 is 0 Å². The third-order valence-electron chi connectivity index (χ3n) is 11.0. The van der Waals surface area contributed by atoms with Crippen LogP contribution in [0.5, 0.6) is 0 Å². The molecule has 3 fully saturated rings. The molecule has 0 spiro atoms. The van der Waals surface area contributed by atoms with Crippen LogP contribution in [0.1, 0.15) is 99.3 Å². The Bertz CT molecular complexity index is 688. The van der Waals surface area contributed by atoms with Crippen molar-refractivity contribution in [2.24, 2.45) is 52.3 Å². The van der Waals surface area contributed by atoms with Gasteiger partial charge in [0.1, 0.15) is 0 Å². The van der Waals surface area contributed by atoms with E-state index in [0.717, 1.165) is 30.1 Å². The topological polar surface area (TPSA) is 20.2 Å². The molecule has 0 unspecified atom stereocenters. The molecule has 0 bridgehead atoms. The van der Waals surface area contributed by atoms with Gasteiger partial charge in [0.15, 0.2) is 0 Å². The third kappa shape index (κ3) is 3.46. The van der Waals surface area contributed by atoms with Crippen LogP contribution in [0.2, 0.25) is 0 Å². The lowest BCUT2D eigenvalue weighted by atomic mass is 9.47. The first kappa shape index (κ1) is 22.6. The molecule has 170 valence electrons. The molecule has 0 aliphatic heterocycles. The highest BCUT2D eigenvalue weighted by molar-refractivity contribution is 5.29. The zero-order chi connectivity index (χ0) is 21.8. The fourth-order valence-electron chi connectivity index (χ4n) is 8.85. The van der Waals surface area contributed by atoms with E-state index in [1.165, 1.54) is 56.9 Å². The third-order valence-corrected chi connectivity index (χ3v) is 11.0. The average Bonchev–Trinajstić information content (AvgIpc) is 3.06. The van der Waals surface area contributed by atoms with E-state index in [1.807, 2.05) is 5.57 Å². The minimum Gasteiger partial charge on any atom is -0.393 e. The Morgan fingerprint density at radius 1 is 1.10 bits per heavy atom. The number of aliphatic hydroxyl groups is 1. The SMILES string of the molecule is C=C(CC[C@@H](C)[C@H]1CC[C@H]2[C@@H]3CC[C@H]4[C@H](C)[C@@H](O)CC[C@]4(C)C3=CC[C@]12C)C(C)C. The van der Waals surface area contributed by atoms with Crippen LogP contribution in [0.3, 0.4) is 0 Å². The Balaban J connectivity index is 1.53. The van der Waals surface area contributed by atoms with E-state index in [9.17, 15) is 5.11 Å². The molecule has 1 heteroatoms. The molecule has 0 heterocycles. The van der Waals surface area contributed by atoms with Crippen molar-refractivity contribution in [3.63, 3.8) is 0 Å². The Morgan fingerprint density at radius 3 is 2.50 bits per heavy atom. The van der Waals surface area contributed by atoms with Crippen molar-refractivity contribution in [3.05, 3.63) is 23.8 Å². The van der Waals surface area contributed by atoms with E-state index in [1.54, 1.807) is 0 Å². The molecule has 0 aromatic carbocycles. The van der Waals surface area contributed by atoms with E-state index in [-0.39, 0.29) is 6.10 Å². The minimum absolute atomic E-state index is 0.0774. The van der Waals surface area contributed by atoms with Crippen LogP contribution in [0.25, 0.3) is 0 Å². The summed E-state index contributed by atoms with van der Waals surface area (Å²) in [6.07, 6.45) is 14.3. The van der Waals surface area contributed by atoms with E-state index in [2.05, 4.69) is 54.2 Å². The first-order valence-electron chi connectivity index (χ1n) is 13.2. The zero-order valence-corrected chi connectivity index (χ0v) is 20.7. The van der Waals surface area contributed by atoms with Crippen LogP contribution in [-0.2, 0) is 0 Å². The van der Waals surface area contributed by atoms with Crippen molar-refractivity contribution >= 4 is 0 Å². The molecule has 0 aromatic rings. The van der Waals surface area contributed by atoms with E-state index in [4.69, 9.17) is 0 Å². The van der Waals surface area contributed by atoms with Crippen molar-refractivity contribution in [3.8, 4) is 0 Å². The predicted molar refractivity (Wildman–Crippen MR) is 128 cm³/mol. The number of aliphatic hydroxyl groups excluding tert-OH is 1. The van der Waals surface area contributed by atoms with Gasteiger partial charge < -0.3 is 5.11 Å². The largest absolute Gasteiger partial charge is 0.393 e. The monoisotopic (exact) mass is 412 g/mol. The second-order valence-electron chi connectivity index (χ2n) is 12.7. The van der Waals surface area contributed by atoms with Crippen LogP contribution in [0.15, 0.2) is 23.8 Å². The zero-order valence-electron chi connectivity index (χ0n) is 20.7. The maximum Gasteiger partial charge on any atom is 0.0569 e. The number of allylic oxidation sites excluding steroid dienone is 3. The molecule has 1 N–H and O–H groups in total. The quantitative estimate of drug-likeness (QED) is 0.457. The molecular weight excluding hydrogens is 364 g/mol. The average molecular weight is 413 g/mol. The van der Waals surface area contributed by atoms with Crippen LogP contribution < -0.4 is 0 Å². The van der Waals surface area contributed by atoms with Gasteiger partial charge in [0.25, 0.3) is 0 Å². The van der Waals surface area contributed by atoms with Gasteiger partial charge in [0.05, 0.1) is 6.10 Å². The van der Waals surface area contributed by atoms with Gasteiger partial charge in [-0.1, -0.05) is 65.3 Å². The molecule has 4 aliphatic rings. The van der Waals surface area contributed by atoms with Gasteiger partial charge in [0.2, 0.25) is 0 Å². The normalized spacial score (nSPS) is 46.6. The summed E-state index contributed by atoms with van der Waals surface area (Å²) >= 11 is 0. The summed E-state index contributed by atoms with van der Waals surface area (Å²) in [5.41, 5.74) is 4.10. The highest BCUT2D eigenvalue weighted by Crippen LogP contribution is 2.67. The van der Waals surface area contributed by atoms with Crippen LogP contribution >= 0.6 is 0 Å². The number of hydrogen-bond acceptors (Lipinski definition) is 1. The second kappa shape index (κ2) is 8.09. The Kier molecular flexibility index (Phi) is 6.10. The lowest BCUT2D eigenvalue weighted by Gasteiger charge is -2.58. The number of fused-ring (bicyclic) bond motifs is 5. The molecule has 30 heavy (non-hydrogen) atoms.